The van der Waals surface area contributed by atoms with E-state index in [1.807, 2.05) is 31.2 Å². The monoisotopic (exact) mass is 472 g/mol. The quantitative estimate of drug-likeness (QED) is 0.377. The Kier molecular flexibility index (Phi) is 9.51. The lowest BCUT2D eigenvalue weighted by Gasteiger charge is -2.24. The second kappa shape index (κ2) is 11.9. The first-order chi connectivity index (χ1) is 15.7. The second-order valence-corrected chi connectivity index (χ2v) is 9.44. The normalized spacial score (nSPS) is 13.6. The zero-order chi connectivity index (χ0) is 24.6. The Labute approximate surface area is 197 Å². The van der Waals surface area contributed by atoms with E-state index >= 15 is 0 Å². The third kappa shape index (κ3) is 6.83. The molecule has 178 valence electrons. The molecule has 0 fully saturated rings. The highest BCUT2D eigenvalue weighted by atomic mass is 31.1. The maximum absolute atomic E-state index is 12.2. The molecule has 0 radical (unpaired) electrons. The summed E-state index contributed by atoms with van der Waals surface area (Å²) < 4.78 is 34.0. The number of rotatable bonds is 11. The molecule has 0 heterocycles. The molecule has 0 amide bonds. The standard InChI is InChI=1S/C26H33O6P/c1-18(25(33(27)28)16-20-23(31-6)12-9-13-24(20)32-7)17-26(2,3)15-14-19-21(29-4)10-8-11-22(19)30-5/h8-16,18H,17H2,1-7H3. The van der Waals surface area contributed by atoms with E-state index in [-0.39, 0.29) is 11.3 Å². The highest BCUT2D eigenvalue weighted by molar-refractivity contribution is 7.42. The molecule has 0 aliphatic rings. The van der Waals surface area contributed by atoms with E-state index in [4.69, 9.17) is 18.9 Å². The van der Waals surface area contributed by atoms with Gasteiger partial charge in [0.1, 0.15) is 23.0 Å². The molecule has 0 aliphatic carbocycles. The van der Waals surface area contributed by atoms with Gasteiger partial charge in [0.15, 0.2) is 5.31 Å². The van der Waals surface area contributed by atoms with Crippen LogP contribution in [0.2, 0.25) is 0 Å². The van der Waals surface area contributed by atoms with Crippen molar-refractivity contribution in [2.24, 2.45) is 11.3 Å². The molecule has 2 atom stereocenters. The molecule has 2 aromatic carbocycles. The van der Waals surface area contributed by atoms with Gasteiger partial charge in [0.05, 0.1) is 39.6 Å². The Hall–Kier alpha value is -2.82. The minimum atomic E-state index is -2.80. The Morgan fingerprint density at radius 3 is 1.73 bits per heavy atom. The van der Waals surface area contributed by atoms with Gasteiger partial charge in [0, 0.05) is 12.0 Å². The smallest absolute Gasteiger partial charge is 0.344 e. The van der Waals surface area contributed by atoms with Crippen LogP contribution in [0.15, 0.2) is 47.8 Å². The highest BCUT2D eigenvalue weighted by Gasteiger charge is 2.28. The van der Waals surface area contributed by atoms with E-state index in [0.29, 0.717) is 40.3 Å². The van der Waals surface area contributed by atoms with E-state index < -0.39 is 8.03 Å². The van der Waals surface area contributed by atoms with Crippen LogP contribution in [0.5, 0.6) is 23.0 Å². The lowest BCUT2D eigenvalue weighted by molar-refractivity contribution is -0.162. The Morgan fingerprint density at radius 2 is 1.33 bits per heavy atom. The number of allylic oxidation sites excluding steroid dienone is 2. The lowest BCUT2D eigenvalue weighted by atomic mass is 9.82. The van der Waals surface area contributed by atoms with Gasteiger partial charge in [-0.05, 0) is 36.1 Å². The molecule has 6 nitrogen and oxygen atoms in total. The average Bonchev–Trinajstić information content (AvgIpc) is 2.79. The highest BCUT2D eigenvalue weighted by Crippen LogP contribution is 2.42. The van der Waals surface area contributed by atoms with Crippen LogP contribution in [-0.4, -0.2) is 28.4 Å². The summed E-state index contributed by atoms with van der Waals surface area (Å²) in [5.41, 5.74) is 1.14. The van der Waals surface area contributed by atoms with Gasteiger partial charge in [0.2, 0.25) is 0 Å². The molecule has 0 saturated carbocycles. The summed E-state index contributed by atoms with van der Waals surface area (Å²) in [7, 11) is 3.54. The summed E-state index contributed by atoms with van der Waals surface area (Å²) in [4.78, 5) is 12.2. The molecule has 7 heteroatoms. The van der Waals surface area contributed by atoms with Gasteiger partial charge in [-0.15, -0.1) is 0 Å². The van der Waals surface area contributed by atoms with Crippen molar-refractivity contribution in [3.8, 4) is 23.0 Å². The van der Waals surface area contributed by atoms with Crippen molar-refractivity contribution in [3.05, 3.63) is 58.9 Å². The van der Waals surface area contributed by atoms with Crippen LogP contribution in [0.25, 0.3) is 12.2 Å². The summed E-state index contributed by atoms with van der Waals surface area (Å²) >= 11 is 0. The fraction of sp³-hybridized carbons (Fsp3) is 0.385. The van der Waals surface area contributed by atoms with E-state index in [0.717, 1.165) is 5.56 Å². The van der Waals surface area contributed by atoms with Crippen LogP contribution in [0.4, 0.5) is 0 Å². The van der Waals surface area contributed by atoms with Crippen molar-refractivity contribution in [1.29, 1.82) is 0 Å². The fourth-order valence-electron chi connectivity index (χ4n) is 3.86. The van der Waals surface area contributed by atoms with E-state index in [2.05, 4.69) is 19.9 Å². The number of hydrogen-bond acceptors (Lipinski definition) is 6. The largest absolute Gasteiger partial charge is 0.591 e. The maximum Gasteiger partial charge on any atom is 0.344 e. The van der Waals surface area contributed by atoms with Crippen LogP contribution in [0, 0.1) is 11.3 Å². The van der Waals surface area contributed by atoms with Gasteiger partial charge in [-0.25, -0.2) is 0 Å². The van der Waals surface area contributed by atoms with E-state index in [9.17, 15) is 9.46 Å². The molecule has 0 aromatic heterocycles. The summed E-state index contributed by atoms with van der Waals surface area (Å²) in [6, 6.07) is 11.0. The van der Waals surface area contributed by atoms with Crippen molar-refractivity contribution in [1.82, 2.24) is 0 Å². The predicted molar refractivity (Wildman–Crippen MR) is 131 cm³/mol. The third-order valence-corrected chi connectivity index (χ3v) is 6.46. The van der Waals surface area contributed by atoms with Crippen molar-refractivity contribution < 1.29 is 28.4 Å². The lowest BCUT2D eigenvalue weighted by Crippen LogP contribution is -2.14. The number of ether oxygens (including phenoxy) is 4. The van der Waals surface area contributed by atoms with Crippen molar-refractivity contribution in [3.63, 3.8) is 0 Å². The molecule has 0 bridgehead atoms. The Bertz CT molecular complexity index is 981. The number of benzene rings is 2. The molecule has 2 aromatic rings. The number of hydrogen-bond donors (Lipinski definition) is 0. The van der Waals surface area contributed by atoms with Gasteiger partial charge in [-0.2, -0.15) is 0 Å². The summed E-state index contributed by atoms with van der Waals surface area (Å²) in [5, 5.41) is 0.323. The first-order valence-electron chi connectivity index (χ1n) is 10.6. The molecule has 2 rings (SSSR count). The third-order valence-electron chi connectivity index (χ3n) is 5.47. The molecular weight excluding hydrogens is 439 g/mol. The first-order valence-corrected chi connectivity index (χ1v) is 11.8. The minimum absolute atomic E-state index is 0.236. The van der Waals surface area contributed by atoms with Gasteiger partial charge in [-0.3, -0.25) is 0 Å². The molecule has 33 heavy (non-hydrogen) atoms. The minimum Gasteiger partial charge on any atom is -0.591 e. The van der Waals surface area contributed by atoms with Crippen LogP contribution in [0.1, 0.15) is 38.3 Å². The van der Waals surface area contributed by atoms with Crippen molar-refractivity contribution in [2.75, 3.05) is 28.4 Å². The molecule has 2 unspecified atom stereocenters. The van der Waals surface area contributed by atoms with Crippen LogP contribution in [0.3, 0.4) is 0 Å². The molecule has 0 aliphatic heterocycles. The van der Waals surface area contributed by atoms with Crippen LogP contribution < -0.4 is 23.8 Å². The number of methoxy groups -OCH3 is 4. The SMILES string of the molecule is COc1cccc(OC)c1C=CC(C)(C)CC(C)C(=Cc1c(OC)cccc1OC)[P+](=O)[O-]. The Balaban J connectivity index is 2.37. The second-order valence-electron chi connectivity index (χ2n) is 8.41. The molecule has 0 saturated heterocycles. The average molecular weight is 473 g/mol. The van der Waals surface area contributed by atoms with E-state index in [1.165, 1.54) is 0 Å². The molecular formula is C26H33O6P. The summed E-state index contributed by atoms with van der Waals surface area (Å²) in [6.07, 6.45) is 6.28. The summed E-state index contributed by atoms with van der Waals surface area (Å²) in [5.74, 6) is 2.29. The van der Waals surface area contributed by atoms with Crippen LogP contribution >= 0.6 is 8.03 Å². The summed E-state index contributed by atoms with van der Waals surface area (Å²) in [6.45, 7) is 6.06. The van der Waals surface area contributed by atoms with Gasteiger partial charge in [-0.1, -0.05) is 49.6 Å². The zero-order valence-corrected chi connectivity index (χ0v) is 21.3. The van der Waals surface area contributed by atoms with Crippen molar-refractivity contribution >= 4 is 20.2 Å². The maximum atomic E-state index is 12.2. The molecule has 0 spiro atoms. The first kappa shape index (κ1) is 26.4. The Morgan fingerprint density at radius 1 is 0.909 bits per heavy atom. The fourth-order valence-corrected chi connectivity index (χ4v) is 4.55. The van der Waals surface area contributed by atoms with Gasteiger partial charge < -0.3 is 23.8 Å². The molecule has 0 N–H and O–H groups in total. The van der Waals surface area contributed by atoms with Crippen molar-refractivity contribution in [2.45, 2.75) is 27.2 Å². The topological polar surface area (TPSA) is 77.0 Å². The predicted octanol–water partition coefficient (Wildman–Crippen LogP) is 5.93. The van der Waals surface area contributed by atoms with E-state index in [1.54, 1.807) is 52.7 Å². The van der Waals surface area contributed by atoms with Crippen LogP contribution in [-0.2, 0) is 4.57 Å². The van der Waals surface area contributed by atoms with Gasteiger partial charge in [0.25, 0.3) is 0 Å². The van der Waals surface area contributed by atoms with Gasteiger partial charge >= 0.3 is 8.03 Å². The zero-order valence-electron chi connectivity index (χ0n) is 20.4.